The highest BCUT2D eigenvalue weighted by Crippen LogP contribution is 2.21. The molecule has 0 bridgehead atoms. The molecule has 1 fully saturated rings. The maximum absolute atomic E-state index is 12.4. The Morgan fingerprint density at radius 1 is 1.24 bits per heavy atom. The van der Waals surface area contributed by atoms with Crippen LogP contribution in [0, 0.1) is 0 Å². The summed E-state index contributed by atoms with van der Waals surface area (Å²) in [6, 6.07) is 14.9. The van der Waals surface area contributed by atoms with E-state index in [2.05, 4.69) is 35.6 Å². The smallest absolute Gasteiger partial charge is 0.317 e. The van der Waals surface area contributed by atoms with Gasteiger partial charge in [-0.15, -0.1) is 11.3 Å². The second-order valence-corrected chi connectivity index (χ2v) is 6.45. The van der Waals surface area contributed by atoms with E-state index in [4.69, 9.17) is 0 Å². The van der Waals surface area contributed by atoms with Crippen LogP contribution in [0.5, 0.6) is 0 Å². The van der Waals surface area contributed by atoms with E-state index in [-0.39, 0.29) is 6.03 Å². The fraction of sp³-hybridized carbons (Fsp3) is 0.353. The minimum absolute atomic E-state index is 0.0711. The average molecular weight is 300 g/mol. The Morgan fingerprint density at radius 3 is 2.86 bits per heavy atom. The Bertz CT molecular complexity index is 568. The number of amides is 2. The number of carbonyl (C=O) groups is 1. The Morgan fingerprint density at radius 2 is 2.10 bits per heavy atom. The number of benzene rings is 1. The molecule has 3 nitrogen and oxygen atoms in total. The lowest BCUT2D eigenvalue weighted by atomic mass is 10.0. The minimum atomic E-state index is 0.0711. The minimum Gasteiger partial charge on any atom is -0.333 e. The number of urea groups is 1. The zero-order chi connectivity index (χ0) is 14.5. The van der Waals surface area contributed by atoms with Gasteiger partial charge in [0.1, 0.15) is 0 Å². The number of thiophene rings is 1. The Hall–Kier alpha value is -1.81. The molecular weight excluding hydrogens is 280 g/mol. The van der Waals surface area contributed by atoms with Gasteiger partial charge in [-0.3, -0.25) is 0 Å². The van der Waals surface area contributed by atoms with Gasteiger partial charge in [0, 0.05) is 17.5 Å². The van der Waals surface area contributed by atoms with E-state index >= 15 is 0 Å². The maximum atomic E-state index is 12.4. The summed E-state index contributed by atoms with van der Waals surface area (Å²) in [5.41, 5.74) is 1.31. The third-order valence-electron chi connectivity index (χ3n) is 3.95. The van der Waals surface area contributed by atoms with E-state index in [1.165, 1.54) is 10.4 Å². The summed E-state index contributed by atoms with van der Waals surface area (Å²) >= 11 is 1.68. The van der Waals surface area contributed by atoms with Gasteiger partial charge in [-0.25, -0.2) is 4.79 Å². The highest BCUT2D eigenvalue weighted by molar-refractivity contribution is 7.09. The van der Waals surface area contributed by atoms with Gasteiger partial charge in [0.05, 0.1) is 6.54 Å². The second-order valence-electron chi connectivity index (χ2n) is 5.42. The molecule has 2 heterocycles. The van der Waals surface area contributed by atoms with E-state index in [0.717, 1.165) is 25.8 Å². The topological polar surface area (TPSA) is 32.3 Å². The van der Waals surface area contributed by atoms with Crippen LogP contribution in [-0.2, 0) is 13.0 Å². The summed E-state index contributed by atoms with van der Waals surface area (Å²) in [7, 11) is 0. The number of rotatable bonds is 4. The first kappa shape index (κ1) is 14.1. The summed E-state index contributed by atoms with van der Waals surface area (Å²) in [4.78, 5) is 15.6. The van der Waals surface area contributed by atoms with Crippen molar-refractivity contribution in [2.24, 2.45) is 0 Å². The molecule has 0 aliphatic carbocycles. The van der Waals surface area contributed by atoms with Gasteiger partial charge in [0.2, 0.25) is 0 Å². The third kappa shape index (κ3) is 3.64. The van der Waals surface area contributed by atoms with Crippen LogP contribution in [0.4, 0.5) is 4.79 Å². The summed E-state index contributed by atoms with van der Waals surface area (Å²) in [6.07, 6.45) is 3.15. The number of hydrogen-bond donors (Lipinski definition) is 1. The Balaban J connectivity index is 1.57. The lowest BCUT2D eigenvalue weighted by Gasteiger charge is -2.25. The molecule has 0 spiro atoms. The van der Waals surface area contributed by atoms with Crippen molar-refractivity contribution in [1.29, 1.82) is 0 Å². The van der Waals surface area contributed by atoms with Gasteiger partial charge in [-0.05, 0) is 36.3 Å². The van der Waals surface area contributed by atoms with Gasteiger partial charge in [-0.1, -0.05) is 36.4 Å². The molecule has 21 heavy (non-hydrogen) atoms. The highest BCUT2D eigenvalue weighted by atomic mass is 32.1. The van der Waals surface area contributed by atoms with Crippen molar-refractivity contribution in [3.8, 4) is 0 Å². The molecule has 0 saturated carbocycles. The predicted octanol–water partition coefficient (Wildman–Crippen LogP) is 3.66. The number of nitrogens with one attached hydrogen (secondary N) is 1. The molecule has 1 aromatic carbocycles. The van der Waals surface area contributed by atoms with Crippen molar-refractivity contribution in [2.45, 2.75) is 31.8 Å². The number of likely N-dealkylation sites (tertiary alicyclic amines) is 1. The molecule has 3 rings (SSSR count). The molecule has 1 aliphatic rings. The van der Waals surface area contributed by atoms with E-state index in [9.17, 15) is 4.79 Å². The molecule has 1 unspecified atom stereocenters. The largest absolute Gasteiger partial charge is 0.333 e. The molecule has 1 aromatic heterocycles. The van der Waals surface area contributed by atoms with E-state index in [0.29, 0.717) is 12.6 Å². The SMILES string of the molecule is O=C(NCc1cccs1)N1CCCC1Cc1ccccc1. The van der Waals surface area contributed by atoms with E-state index in [1.54, 1.807) is 11.3 Å². The normalized spacial score (nSPS) is 17.9. The van der Waals surface area contributed by atoms with Crippen molar-refractivity contribution in [2.75, 3.05) is 6.54 Å². The van der Waals surface area contributed by atoms with Crippen LogP contribution in [-0.4, -0.2) is 23.5 Å². The number of carbonyl (C=O) groups excluding carboxylic acids is 1. The van der Waals surface area contributed by atoms with E-state index in [1.807, 2.05) is 22.4 Å². The lowest BCUT2D eigenvalue weighted by molar-refractivity contribution is 0.192. The molecule has 110 valence electrons. The first-order chi connectivity index (χ1) is 10.3. The Labute approximate surface area is 129 Å². The standard InChI is InChI=1S/C17H20N2OS/c20-17(18-13-16-9-5-11-21-16)19-10-4-8-15(19)12-14-6-2-1-3-7-14/h1-3,5-7,9,11,15H,4,8,10,12-13H2,(H,18,20). The Kier molecular flexibility index (Phi) is 4.55. The van der Waals surface area contributed by atoms with Crippen LogP contribution in [0.3, 0.4) is 0 Å². The first-order valence-electron chi connectivity index (χ1n) is 7.44. The van der Waals surface area contributed by atoms with Crippen LogP contribution >= 0.6 is 11.3 Å². The van der Waals surface area contributed by atoms with Crippen molar-refractivity contribution >= 4 is 17.4 Å². The van der Waals surface area contributed by atoms with Crippen LogP contribution < -0.4 is 5.32 Å². The highest BCUT2D eigenvalue weighted by Gasteiger charge is 2.28. The second kappa shape index (κ2) is 6.76. The summed E-state index contributed by atoms with van der Waals surface area (Å²) in [5, 5.41) is 5.08. The first-order valence-corrected chi connectivity index (χ1v) is 8.31. The van der Waals surface area contributed by atoms with Crippen LogP contribution in [0.25, 0.3) is 0 Å². The molecule has 2 amide bonds. The molecule has 4 heteroatoms. The molecule has 1 N–H and O–H groups in total. The summed E-state index contributed by atoms with van der Waals surface area (Å²) < 4.78 is 0. The maximum Gasteiger partial charge on any atom is 0.317 e. The monoisotopic (exact) mass is 300 g/mol. The fourth-order valence-electron chi connectivity index (χ4n) is 2.88. The van der Waals surface area contributed by atoms with Gasteiger partial charge in [0.25, 0.3) is 0 Å². The molecule has 0 radical (unpaired) electrons. The van der Waals surface area contributed by atoms with Crippen molar-refractivity contribution in [3.05, 3.63) is 58.3 Å². The number of hydrogen-bond acceptors (Lipinski definition) is 2. The van der Waals surface area contributed by atoms with Gasteiger partial charge in [-0.2, -0.15) is 0 Å². The fourth-order valence-corrected chi connectivity index (χ4v) is 3.52. The van der Waals surface area contributed by atoms with Gasteiger partial charge >= 0.3 is 6.03 Å². The zero-order valence-electron chi connectivity index (χ0n) is 12.0. The molecule has 1 aliphatic heterocycles. The number of nitrogens with zero attached hydrogens (tertiary/aromatic N) is 1. The lowest BCUT2D eigenvalue weighted by Crippen LogP contribution is -2.43. The predicted molar refractivity (Wildman–Crippen MR) is 86.4 cm³/mol. The molecular formula is C17H20N2OS. The third-order valence-corrected chi connectivity index (χ3v) is 4.82. The average Bonchev–Trinajstić information content (AvgIpc) is 3.17. The van der Waals surface area contributed by atoms with Gasteiger partial charge < -0.3 is 10.2 Å². The van der Waals surface area contributed by atoms with E-state index < -0.39 is 0 Å². The summed E-state index contributed by atoms with van der Waals surface area (Å²) in [5.74, 6) is 0. The van der Waals surface area contributed by atoms with Crippen molar-refractivity contribution < 1.29 is 4.79 Å². The van der Waals surface area contributed by atoms with Crippen LogP contribution in [0.1, 0.15) is 23.3 Å². The van der Waals surface area contributed by atoms with Gasteiger partial charge in [0.15, 0.2) is 0 Å². The van der Waals surface area contributed by atoms with Crippen LogP contribution in [0.2, 0.25) is 0 Å². The summed E-state index contributed by atoms with van der Waals surface area (Å²) in [6.45, 7) is 1.50. The van der Waals surface area contributed by atoms with Crippen LogP contribution in [0.15, 0.2) is 47.8 Å². The molecule has 1 atom stereocenters. The molecule has 2 aromatic rings. The van der Waals surface area contributed by atoms with Crippen molar-refractivity contribution in [3.63, 3.8) is 0 Å². The van der Waals surface area contributed by atoms with Crippen molar-refractivity contribution in [1.82, 2.24) is 10.2 Å². The zero-order valence-corrected chi connectivity index (χ0v) is 12.8. The quantitative estimate of drug-likeness (QED) is 0.918. The molecule has 1 saturated heterocycles.